The van der Waals surface area contributed by atoms with Gasteiger partial charge in [-0.25, -0.2) is 0 Å². The first kappa shape index (κ1) is 21.9. The van der Waals surface area contributed by atoms with Crippen molar-refractivity contribution in [1.82, 2.24) is 0 Å². The number of ether oxygens (including phenoxy) is 2. The van der Waals surface area contributed by atoms with Crippen LogP contribution in [-0.2, 0) is 23.9 Å². The van der Waals surface area contributed by atoms with Crippen LogP contribution >= 0.6 is 11.6 Å². The van der Waals surface area contributed by atoms with Crippen molar-refractivity contribution in [2.24, 2.45) is 34.5 Å². The molecule has 6 heteroatoms. The number of carbonyl (C=O) groups excluding carboxylic acids is 3. The summed E-state index contributed by atoms with van der Waals surface area (Å²) in [5.41, 5.74) is -1.83. The van der Waals surface area contributed by atoms with Gasteiger partial charge in [-0.1, -0.05) is 27.7 Å². The molecule has 5 aliphatic rings. The van der Waals surface area contributed by atoms with E-state index >= 15 is 0 Å². The van der Waals surface area contributed by atoms with Crippen molar-refractivity contribution >= 4 is 29.1 Å². The van der Waals surface area contributed by atoms with Gasteiger partial charge in [-0.05, 0) is 49.9 Å². The number of halogens is 1. The minimum Gasteiger partial charge on any atom is -0.450 e. The minimum absolute atomic E-state index is 0.0148. The lowest BCUT2D eigenvalue weighted by Crippen LogP contribution is -2.64. The predicted molar refractivity (Wildman–Crippen MR) is 116 cm³/mol. The highest BCUT2D eigenvalue weighted by Crippen LogP contribution is 2.77. The Labute approximate surface area is 189 Å². The highest BCUT2D eigenvalue weighted by Gasteiger charge is 2.83. The summed E-state index contributed by atoms with van der Waals surface area (Å²) in [4.78, 5) is 38.1. The number of hydrogen-bond acceptors (Lipinski definition) is 5. The Morgan fingerprint density at radius 2 is 1.94 bits per heavy atom. The number of fused-ring (bicyclic) bond motifs is 3. The Kier molecular flexibility index (Phi) is 4.79. The Morgan fingerprint density at radius 1 is 1.19 bits per heavy atom. The molecule has 172 valence electrons. The maximum atomic E-state index is 13.4. The zero-order chi connectivity index (χ0) is 22.4. The third-order valence-electron chi connectivity index (χ3n) is 10.5. The van der Waals surface area contributed by atoms with Gasteiger partial charge < -0.3 is 9.47 Å². The molecule has 0 aromatic heterocycles. The second-order valence-electron chi connectivity index (χ2n) is 11.4. The maximum Gasteiger partial charge on any atom is 0.306 e. The van der Waals surface area contributed by atoms with Crippen molar-refractivity contribution in [3.63, 3.8) is 0 Å². The Hall–Kier alpha value is -0.940. The second kappa shape index (κ2) is 6.79. The number of carbonyl (C=O) groups is 3. The van der Waals surface area contributed by atoms with Crippen molar-refractivity contribution in [1.29, 1.82) is 0 Å². The highest BCUT2D eigenvalue weighted by atomic mass is 35.5. The van der Waals surface area contributed by atoms with Gasteiger partial charge in [-0.15, -0.1) is 11.6 Å². The van der Waals surface area contributed by atoms with Gasteiger partial charge in [0.2, 0.25) is 0 Å². The summed E-state index contributed by atoms with van der Waals surface area (Å²) >= 11 is 6.11. The molecule has 1 spiro atoms. The molecule has 9 atom stereocenters. The molecule has 2 unspecified atom stereocenters. The molecule has 1 heterocycles. The predicted octanol–water partition coefficient (Wildman–Crippen LogP) is 4.48. The van der Waals surface area contributed by atoms with E-state index in [2.05, 4.69) is 20.8 Å². The lowest BCUT2D eigenvalue weighted by molar-refractivity contribution is -0.193. The third-order valence-corrected chi connectivity index (χ3v) is 10.7. The van der Waals surface area contributed by atoms with Crippen molar-refractivity contribution < 1.29 is 23.9 Å². The number of hydrogen-bond donors (Lipinski definition) is 0. The summed E-state index contributed by atoms with van der Waals surface area (Å²) in [7, 11) is 0. The third kappa shape index (κ3) is 2.46. The number of epoxide rings is 1. The minimum atomic E-state index is -1.18. The van der Waals surface area contributed by atoms with Crippen LogP contribution in [0, 0.1) is 34.5 Å². The van der Waals surface area contributed by atoms with Crippen LogP contribution < -0.4 is 0 Å². The average Bonchev–Trinajstić information content (AvgIpc) is 3.41. The highest BCUT2D eigenvalue weighted by molar-refractivity contribution is 6.29. The van der Waals surface area contributed by atoms with Crippen molar-refractivity contribution in [3.8, 4) is 0 Å². The van der Waals surface area contributed by atoms with E-state index in [0.29, 0.717) is 36.9 Å². The Bertz CT molecular complexity index is 842. The van der Waals surface area contributed by atoms with Crippen molar-refractivity contribution in [2.75, 3.05) is 5.88 Å². The largest absolute Gasteiger partial charge is 0.450 e. The molecule has 0 bridgehead atoms. The second-order valence-corrected chi connectivity index (χ2v) is 11.7. The van der Waals surface area contributed by atoms with Crippen LogP contribution in [0.3, 0.4) is 0 Å². The number of esters is 1. The SMILES string of the molecule is CCC(=O)O[C@@]1(C(=O)CCl)[C@@H](C)C[C@H]2[C@@H]3CC[C@H]4CC(=O)CC[C@]4(C)C34OC4C[C@@]21C. The van der Waals surface area contributed by atoms with Gasteiger partial charge in [0.25, 0.3) is 0 Å². The summed E-state index contributed by atoms with van der Waals surface area (Å²) < 4.78 is 12.8. The molecule has 0 aromatic rings. The topological polar surface area (TPSA) is 73.0 Å². The van der Waals surface area contributed by atoms with Crippen LogP contribution in [0.15, 0.2) is 0 Å². The number of rotatable bonds is 4. The molecule has 4 saturated carbocycles. The van der Waals surface area contributed by atoms with E-state index in [1.165, 1.54) is 0 Å². The van der Waals surface area contributed by atoms with Gasteiger partial charge in [0.1, 0.15) is 11.4 Å². The van der Waals surface area contributed by atoms with Crippen LogP contribution in [0.25, 0.3) is 0 Å². The van der Waals surface area contributed by atoms with Gasteiger partial charge in [0.15, 0.2) is 11.4 Å². The molecule has 0 N–H and O–H groups in total. The van der Waals surface area contributed by atoms with Crippen LogP contribution in [0.1, 0.15) is 79.1 Å². The van der Waals surface area contributed by atoms with Crippen molar-refractivity contribution in [3.05, 3.63) is 0 Å². The summed E-state index contributed by atoms with van der Waals surface area (Å²) in [5, 5.41) is 0. The molecule has 5 nitrogen and oxygen atoms in total. The molecule has 4 aliphatic carbocycles. The standard InChI is InChI=1S/C25H35ClO5/c1-5-21(29)31-24(19(28)13-26)14(2)10-18-17-7-6-15-11-16(27)8-9-22(15,3)25(17)20(30-25)12-23(18,24)4/h14-15,17-18,20H,5-13H2,1-4H3/t14-,15-,17-,18-,20?,22-,23-,24+,25?/m0/s1. The van der Waals surface area contributed by atoms with E-state index in [-0.39, 0.29) is 53.0 Å². The first-order valence-electron chi connectivity index (χ1n) is 12.1. The molecule has 0 aromatic carbocycles. The van der Waals surface area contributed by atoms with Gasteiger partial charge in [0.05, 0.1) is 12.0 Å². The van der Waals surface area contributed by atoms with Crippen LogP contribution in [-0.4, -0.2) is 40.7 Å². The lowest BCUT2D eigenvalue weighted by Gasteiger charge is -2.59. The monoisotopic (exact) mass is 450 g/mol. The fourth-order valence-corrected chi connectivity index (χ4v) is 9.24. The quantitative estimate of drug-likeness (QED) is 0.359. The Morgan fingerprint density at radius 3 is 2.61 bits per heavy atom. The first-order valence-corrected chi connectivity index (χ1v) is 12.6. The normalized spacial score (nSPS) is 52.4. The van der Waals surface area contributed by atoms with Crippen LogP contribution in [0.5, 0.6) is 0 Å². The summed E-state index contributed by atoms with van der Waals surface area (Å²) in [6.07, 6.45) is 6.16. The number of alkyl halides is 1. The average molecular weight is 451 g/mol. The van der Waals surface area contributed by atoms with E-state index in [1.54, 1.807) is 6.92 Å². The lowest BCUT2D eigenvalue weighted by atomic mass is 9.44. The molecular weight excluding hydrogens is 416 g/mol. The number of ketones is 2. The van der Waals surface area contributed by atoms with Gasteiger partial charge in [0, 0.05) is 36.0 Å². The van der Waals surface area contributed by atoms with Crippen LogP contribution in [0.4, 0.5) is 0 Å². The molecular formula is C25H35ClO5. The smallest absolute Gasteiger partial charge is 0.306 e. The van der Waals surface area contributed by atoms with Crippen LogP contribution in [0.2, 0.25) is 0 Å². The molecule has 31 heavy (non-hydrogen) atoms. The zero-order valence-corrected chi connectivity index (χ0v) is 19.9. The van der Waals surface area contributed by atoms with E-state index in [4.69, 9.17) is 21.1 Å². The van der Waals surface area contributed by atoms with E-state index < -0.39 is 11.0 Å². The summed E-state index contributed by atoms with van der Waals surface area (Å²) in [6.45, 7) is 8.33. The van der Waals surface area contributed by atoms with Gasteiger partial charge >= 0.3 is 5.97 Å². The molecule has 5 fully saturated rings. The maximum absolute atomic E-state index is 13.4. The van der Waals surface area contributed by atoms with E-state index in [1.807, 2.05) is 0 Å². The van der Waals surface area contributed by atoms with Crippen molar-refractivity contribution in [2.45, 2.75) is 96.4 Å². The molecule has 1 saturated heterocycles. The van der Waals surface area contributed by atoms with Gasteiger partial charge in [-0.3, -0.25) is 14.4 Å². The Balaban J connectivity index is 1.57. The fraction of sp³-hybridized carbons (Fsp3) is 0.880. The zero-order valence-electron chi connectivity index (χ0n) is 19.2. The molecule has 5 rings (SSSR count). The first-order chi connectivity index (χ1) is 14.6. The van der Waals surface area contributed by atoms with E-state index in [9.17, 15) is 14.4 Å². The molecule has 1 aliphatic heterocycles. The summed E-state index contributed by atoms with van der Waals surface area (Å²) in [6, 6.07) is 0. The van der Waals surface area contributed by atoms with Gasteiger partial charge in [-0.2, -0.15) is 0 Å². The molecule has 0 radical (unpaired) electrons. The number of Topliss-reactive ketones (excluding diaryl/α,β-unsaturated/α-hetero) is 2. The van der Waals surface area contributed by atoms with E-state index in [0.717, 1.165) is 25.7 Å². The fourth-order valence-electron chi connectivity index (χ4n) is 9.04. The molecule has 0 amide bonds. The summed E-state index contributed by atoms with van der Waals surface area (Å²) in [5.74, 6) is 0.650.